The first-order chi connectivity index (χ1) is 11.4. The molecule has 24 heavy (non-hydrogen) atoms. The van der Waals surface area contributed by atoms with E-state index in [4.69, 9.17) is 9.52 Å². The van der Waals surface area contributed by atoms with Gasteiger partial charge in [0.05, 0.1) is 16.9 Å². The number of hydrogen-bond acceptors (Lipinski definition) is 5. The third-order valence-electron chi connectivity index (χ3n) is 3.36. The molecule has 0 fully saturated rings. The largest absolute Gasteiger partial charge is 0.481 e. The van der Waals surface area contributed by atoms with Gasteiger partial charge in [-0.15, -0.1) is 11.8 Å². The molecule has 6 nitrogen and oxygen atoms in total. The Morgan fingerprint density at radius 2 is 2.00 bits per heavy atom. The summed E-state index contributed by atoms with van der Waals surface area (Å²) in [6.45, 7) is 3.25. The van der Waals surface area contributed by atoms with Crippen molar-refractivity contribution in [3.8, 4) is 11.5 Å². The van der Waals surface area contributed by atoms with Crippen molar-refractivity contribution in [2.45, 2.75) is 19.6 Å². The lowest BCUT2D eigenvalue weighted by Crippen LogP contribution is -2.39. The highest BCUT2D eigenvalue weighted by Crippen LogP contribution is 2.20. The van der Waals surface area contributed by atoms with Crippen molar-refractivity contribution in [3.05, 3.63) is 42.3 Å². The zero-order chi connectivity index (χ0) is 17.6. The molecule has 0 aliphatic carbocycles. The maximum Gasteiger partial charge on any atom is 0.310 e. The molecule has 7 heteroatoms. The van der Waals surface area contributed by atoms with Gasteiger partial charge in [0.2, 0.25) is 11.8 Å². The second-order valence-electron chi connectivity index (χ2n) is 5.97. The molecular formula is C17H20N2O4S. The minimum absolute atomic E-state index is 0.101. The topological polar surface area (TPSA) is 92.4 Å². The van der Waals surface area contributed by atoms with Gasteiger partial charge in [-0.2, -0.15) is 0 Å². The van der Waals surface area contributed by atoms with E-state index in [1.165, 1.54) is 11.8 Å². The fourth-order valence-corrected chi connectivity index (χ4v) is 2.51. The zero-order valence-electron chi connectivity index (χ0n) is 13.6. The maximum absolute atomic E-state index is 11.8. The number of hydrogen-bond donors (Lipinski definition) is 2. The van der Waals surface area contributed by atoms with Crippen LogP contribution in [-0.2, 0) is 15.3 Å². The van der Waals surface area contributed by atoms with E-state index in [-0.39, 0.29) is 18.2 Å². The van der Waals surface area contributed by atoms with Gasteiger partial charge in [0.15, 0.2) is 0 Å². The number of oxazole rings is 1. The van der Waals surface area contributed by atoms with E-state index in [1.54, 1.807) is 20.1 Å². The molecular weight excluding hydrogens is 328 g/mol. The van der Waals surface area contributed by atoms with Crippen LogP contribution >= 0.6 is 11.8 Å². The molecule has 0 bridgehead atoms. The summed E-state index contributed by atoms with van der Waals surface area (Å²) in [6.07, 6.45) is 1.58. The van der Waals surface area contributed by atoms with Crippen molar-refractivity contribution in [2.75, 3.05) is 12.3 Å². The smallest absolute Gasteiger partial charge is 0.310 e. The van der Waals surface area contributed by atoms with Gasteiger partial charge in [0, 0.05) is 17.9 Å². The molecule has 2 aromatic rings. The van der Waals surface area contributed by atoms with Gasteiger partial charge >= 0.3 is 5.97 Å². The molecule has 1 aromatic heterocycles. The molecule has 2 rings (SSSR count). The monoisotopic (exact) mass is 348 g/mol. The number of benzene rings is 1. The van der Waals surface area contributed by atoms with Gasteiger partial charge in [-0.05, 0) is 26.0 Å². The molecule has 0 spiro atoms. The van der Waals surface area contributed by atoms with Crippen molar-refractivity contribution in [1.29, 1.82) is 0 Å². The Morgan fingerprint density at radius 3 is 2.67 bits per heavy atom. The van der Waals surface area contributed by atoms with Gasteiger partial charge < -0.3 is 14.8 Å². The molecule has 0 aliphatic heterocycles. The molecule has 1 amide bonds. The van der Waals surface area contributed by atoms with Crippen LogP contribution in [0, 0.1) is 5.41 Å². The van der Waals surface area contributed by atoms with E-state index in [9.17, 15) is 9.59 Å². The normalized spacial score (nSPS) is 11.2. The summed E-state index contributed by atoms with van der Waals surface area (Å²) in [6, 6.07) is 9.59. The predicted octanol–water partition coefficient (Wildman–Crippen LogP) is 2.80. The van der Waals surface area contributed by atoms with Crippen LogP contribution < -0.4 is 5.32 Å². The Morgan fingerprint density at radius 1 is 1.29 bits per heavy atom. The SMILES string of the molecule is CC(C)(CNC(=O)CSCc1coc(-c2ccccc2)n1)C(=O)O. The number of aliphatic carboxylic acids is 1. The summed E-state index contributed by atoms with van der Waals surface area (Å²) < 4.78 is 5.44. The lowest BCUT2D eigenvalue weighted by molar-refractivity contribution is -0.146. The summed E-state index contributed by atoms with van der Waals surface area (Å²) >= 11 is 1.40. The number of thioether (sulfide) groups is 1. The number of nitrogens with one attached hydrogen (secondary N) is 1. The quantitative estimate of drug-likeness (QED) is 0.762. The predicted molar refractivity (Wildman–Crippen MR) is 92.5 cm³/mol. The molecule has 0 radical (unpaired) electrons. The Bertz CT molecular complexity index is 698. The van der Waals surface area contributed by atoms with E-state index in [2.05, 4.69) is 10.3 Å². The number of carboxylic acid groups (broad SMARTS) is 1. The molecule has 1 heterocycles. The Balaban J connectivity index is 1.76. The van der Waals surface area contributed by atoms with Gasteiger partial charge in [0.25, 0.3) is 0 Å². The average Bonchev–Trinajstić information content (AvgIpc) is 3.03. The number of aromatic nitrogens is 1. The first-order valence-corrected chi connectivity index (χ1v) is 8.61. The van der Waals surface area contributed by atoms with Gasteiger partial charge in [-0.3, -0.25) is 9.59 Å². The minimum Gasteiger partial charge on any atom is -0.481 e. The molecule has 1 aromatic carbocycles. The van der Waals surface area contributed by atoms with E-state index in [1.807, 2.05) is 30.3 Å². The molecule has 0 saturated carbocycles. The molecule has 128 valence electrons. The molecule has 0 unspecified atom stereocenters. The van der Waals surface area contributed by atoms with Crippen molar-refractivity contribution in [2.24, 2.45) is 5.41 Å². The first kappa shape index (κ1) is 18.1. The summed E-state index contributed by atoms with van der Waals surface area (Å²) in [4.78, 5) is 27.1. The van der Waals surface area contributed by atoms with Crippen LogP contribution in [0.1, 0.15) is 19.5 Å². The van der Waals surface area contributed by atoms with Crippen molar-refractivity contribution < 1.29 is 19.1 Å². The Kier molecular flexibility index (Phi) is 6.03. The highest BCUT2D eigenvalue weighted by molar-refractivity contribution is 7.99. The van der Waals surface area contributed by atoms with Crippen LogP contribution in [0.5, 0.6) is 0 Å². The molecule has 2 N–H and O–H groups in total. The second-order valence-corrected chi connectivity index (χ2v) is 6.95. The van der Waals surface area contributed by atoms with Gasteiger partial charge in [-0.1, -0.05) is 18.2 Å². The lowest BCUT2D eigenvalue weighted by Gasteiger charge is -2.19. The van der Waals surface area contributed by atoms with Crippen LogP contribution in [0.2, 0.25) is 0 Å². The van der Waals surface area contributed by atoms with Crippen LogP contribution in [0.15, 0.2) is 41.0 Å². The Hall–Kier alpha value is -2.28. The number of amides is 1. The zero-order valence-corrected chi connectivity index (χ0v) is 14.4. The molecule has 0 saturated heterocycles. The number of nitrogens with zero attached hydrogens (tertiary/aromatic N) is 1. The molecule has 0 aliphatic rings. The number of carbonyl (C=O) groups excluding carboxylic acids is 1. The minimum atomic E-state index is -0.975. The highest BCUT2D eigenvalue weighted by atomic mass is 32.2. The first-order valence-electron chi connectivity index (χ1n) is 7.46. The number of rotatable bonds is 8. The van der Waals surface area contributed by atoms with Gasteiger partial charge in [0.1, 0.15) is 6.26 Å². The average molecular weight is 348 g/mol. The van der Waals surface area contributed by atoms with E-state index < -0.39 is 11.4 Å². The number of carbonyl (C=O) groups is 2. The summed E-state index contributed by atoms with van der Waals surface area (Å²) in [7, 11) is 0. The van der Waals surface area contributed by atoms with Crippen molar-refractivity contribution >= 4 is 23.6 Å². The van der Waals surface area contributed by atoms with Crippen LogP contribution in [0.4, 0.5) is 0 Å². The third kappa shape index (κ3) is 5.13. The Labute approximate surface area is 144 Å². The van der Waals surface area contributed by atoms with Crippen molar-refractivity contribution in [3.63, 3.8) is 0 Å². The maximum atomic E-state index is 11.8. The second kappa shape index (κ2) is 8.01. The lowest BCUT2D eigenvalue weighted by atomic mass is 9.94. The summed E-state index contributed by atoms with van der Waals surface area (Å²) in [5, 5.41) is 11.6. The van der Waals surface area contributed by atoms with Crippen LogP contribution in [0.3, 0.4) is 0 Å². The summed E-state index contributed by atoms with van der Waals surface area (Å²) in [5.41, 5.74) is 0.691. The highest BCUT2D eigenvalue weighted by Gasteiger charge is 2.27. The fraction of sp³-hybridized carbons (Fsp3) is 0.353. The van der Waals surface area contributed by atoms with E-state index in [0.717, 1.165) is 11.3 Å². The van der Waals surface area contributed by atoms with Crippen LogP contribution in [-0.4, -0.2) is 34.3 Å². The van der Waals surface area contributed by atoms with Gasteiger partial charge in [-0.25, -0.2) is 4.98 Å². The third-order valence-corrected chi connectivity index (χ3v) is 4.33. The number of carboxylic acids is 1. The summed E-state index contributed by atoms with van der Waals surface area (Å²) in [5.74, 6) is 0.210. The standard InChI is InChI=1S/C17H20N2O4S/c1-17(2,16(21)22)11-18-14(20)10-24-9-13-8-23-15(19-13)12-6-4-3-5-7-12/h3-8H,9-11H2,1-2H3,(H,18,20)(H,21,22). The molecule has 0 atom stereocenters. The van der Waals surface area contributed by atoms with Crippen LogP contribution in [0.25, 0.3) is 11.5 Å². The fourth-order valence-electron chi connectivity index (χ4n) is 1.78. The van der Waals surface area contributed by atoms with E-state index in [0.29, 0.717) is 11.6 Å². The van der Waals surface area contributed by atoms with E-state index >= 15 is 0 Å². The van der Waals surface area contributed by atoms with Crippen molar-refractivity contribution in [1.82, 2.24) is 10.3 Å².